The summed E-state index contributed by atoms with van der Waals surface area (Å²) in [7, 11) is -4.57. The van der Waals surface area contributed by atoms with E-state index in [-0.39, 0.29) is 10.9 Å². The third-order valence-electron chi connectivity index (χ3n) is 4.15. The van der Waals surface area contributed by atoms with Gasteiger partial charge in [-0.05, 0) is 30.9 Å². The lowest BCUT2D eigenvalue weighted by Gasteiger charge is -2.30. The molecule has 1 fully saturated rings. The molecular weight excluding hydrogens is 296 g/mol. The molecule has 0 amide bonds. The summed E-state index contributed by atoms with van der Waals surface area (Å²) in [5.74, 6) is -2.77. The maximum atomic E-state index is 12.8. The number of halogens is 2. The summed E-state index contributed by atoms with van der Waals surface area (Å²) in [6, 6.07) is 6.08. The van der Waals surface area contributed by atoms with Gasteiger partial charge in [0.15, 0.2) is 0 Å². The van der Waals surface area contributed by atoms with Crippen molar-refractivity contribution in [2.45, 2.75) is 55.7 Å². The second kappa shape index (κ2) is 6.73. The van der Waals surface area contributed by atoms with Crippen LogP contribution in [0.2, 0.25) is 0 Å². The van der Waals surface area contributed by atoms with Gasteiger partial charge in [0, 0.05) is 6.04 Å². The Hall–Kier alpha value is -1.17. The minimum absolute atomic E-state index is 0.151. The zero-order valence-corrected chi connectivity index (χ0v) is 12.9. The van der Waals surface area contributed by atoms with E-state index in [1.807, 2.05) is 0 Å². The molecule has 1 saturated carbocycles. The Bertz CT molecular complexity index is 575. The van der Waals surface area contributed by atoms with Gasteiger partial charge in [-0.15, -0.1) is 0 Å². The van der Waals surface area contributed by atoms with Crippen molar-refractivity contribution in [2.75, 3.05) is 5.32 Å². The average molecular weight is 317 g/mol. The molecular formula is C15H21F2NO2S. The molecule has 1 aliphatic rings. The Balaban J connectivity index is 2.21. The predicted octanol–water partition coefficient (Wildman–Crippen LogP) is 4.06. The molecule has 0 bridgehead atoms. The fourth-order valence-electron chi connectivity index (χ4n) is 2.94. The molecule has 6 heteroatoms. The van der Waals surface area contributed by atoms with Gasteiger partial charge in [0.2, 0.25) is 9.84 Å². The monoisotopic (exact) mass is 317 g/mol. The highest BCUT2D eigenvalue weighted by Crippen LogP contribution is 2.31. The van der Waals surface area contributed by atoms with Gasteiger partial charge in [0.25, 0.3) is 0 Å². The summed E-state index contributed by atoms with van der Waals surface area (Å²) in [5.41, 5.74) is 0.291. The fraction of sp³-hybridized carbons (Fsp3) is 0.600. The molecule has 2 unspecified atom stereocenters. The van der Waals surface area contributed by atoms with E-state index in [1.165, 1.54) is 18.6 Å². The fourth-order valence-corrected chi connectivity index (χ4v) is 3.84. The summed E-state index contributed by atoms with van der Waals surface area (Å²) >= 11 is 0. The first-order valence-corrected chi connectivity index (χ1v) is 8.87. The largest absolute Gasteiger partial charge is 0.381 e. The number of hydrogen-bond acceptors (Lipinski definition) is 3. The van der Waals surface area contributed by atoms with E-state index in [0.29, 0.717) is 11.6 Å². The Morgan fingerprint density at radius 1 is 1.29 bits per heavy atom. The number of nitrogens with one attached hydrogen (secondary N) is 1. The van der Waals surface area contributed by atoms with Crippen molar-refractivity contribution in [3.63, 3.8) is 0 Å². The van der Waals surface area contributed by atoms with Crippen LogP contribution in [-0.2, 0) is 9.84 Å². The van der Waals surface area contributed by atoms with Crippen LogP contribution in [0.4, 0.5) is 14.5 Å². The first-order chi connectivity index (χ1) is 9.95. The predicted molar refractivity (Wildman–Crippen MR) is 79.3 cm³/mol. The molecule has 0 aromatic heterocycles. The minimum atomic E-state index is -4.57. The van der Waals surface area contributed by atoms with Gasteiger partial charge in [-0.25, -0.2) is 8.42 Å². The highest BCUT2D eigenvalue weighted by atomic mass is 32.2. The molecule has 2 rings (SSSR count). The first kappa shape index (κ1) is 16.2. The van der Waals surface area contributed by atoms with Gasteiger partial charge < -0.3 is 5.32 Å². The Kier molecular flexibility index (Phi) is 5.19. The normalized spacial score (nSPS) is 23.2. The average Bonchev–Trinajstić information content (AvgIpc) is 2.47. The van der Waals surface area contributed by atoms with E-state index in [2.05, 4.69) is 12.2 Å². The number of hydrogen-bond donors (Lipinski definition) is 1. The van der Waals surface area contributed by atoms with E-state index in [0.717, 1.165) is 25.7 Å². The highest BCUT2D eigenvalue weighted by molar-refractivity contribution is 7.91. The van der Waals surface area contributed by atoms with Gasteiger partial charge in [-0.3, -0.25) is 0 Å². The summed E-state index contributed by atoms with van der Waals surface area (Å²) in [5, 5.41) is 3.16. The second-order valence-electron chi connectivity index (χ2n) is 5.58. The second-order valence-corrected chi connectivity index (χ2v) is 7.47. The van der Waals surface area contributed by atoms with Crippen LogP contribution in [0.3, 0.4) is 0 Å². The molecule has 21 heavy (non-hydrogen) atoms. The molecule has 1 aliphatic carbocycles. The zero-order valence-electron chi connectivity index (χ0n) is 12.1. The molecule has 0 saturated heterocycles. The van der Waals surface area contributed by atoms with Crippen molar-refractivity contribution in [2.24, 2.45) is 5.92 Å². The van der Waals surface area contributed by atoms with E-state index in [1.54, 1.807) is 12.1 Å². The SMILES string of the molecule is CCC1CCCC(Nc2ccccc2S(=O)(=O)C(F)F)C1. The van der Waals surface area contributed by atoms with Gasteiger partial charge >= 0.3 is 5.76 Å². The van der Waals surface area contributed by atoms with Crippen LogP contribution >= 0.6 is 0 Å². The van der Waals surface area contributed by atoms with Gasteiger partial charge in [0.05, 0.1) is 10.6 Å². The quantitative estimate of drug-likeness (QED) is 0.890. The van der Waals surface area contributed by atoms with Crippen LogP contribution in [0.5, 0.6) is 0 Å². The van der Waals surface area contributed by atoms with Crippen molar-refractivity contribution in [3.8, 4) is 0 Å². The van der Waals surface area contributed by atoms with Crippen LogP contribution in [0, 0.1) is 5.92 Å². The summed E-state index contributed by atoms with van der Waals surface area (Å²) in [6.45, 7) is 2.14. The number of sulfone groups is 1. The summed E-state index contributed by atoms with van der Waals surface area (Å²) < 4.78 is 49.0. The Morgan fingerprint density at radius 3 is 2.67 bits per heavy atom. The van der Waals surface area contributed by atoms with Crippen molar-refractivity contribution in [3.05, 3.63) is 24.3 Å². The van der Waals surface area contributed by atoms with Gasteiger partial charge in [-0.2, -0.15) is 8.78 Å². The lowest BCUT2D eigenvalue weighted by atomic mass is 9.84. The van der Waals surface area contributed by atoms with Crippen molar-refractivity contribution >= 4 is 15.5 Å². The molecule has 3 nitrogen and oxygen atoms in total. The molecule has 0 aliphatic heterocycles. The molecule has 1 aromatic carbocycles. The number of alkyl halides is 2. The molecule has 0 heterocycles. The maximum Gasteiger partial charge on any atom is 0.341 e. The van der Waals surface area contributed by atoms with Gasteiger partial charge in [-0.1, -0.05) is 38.3 Å². The van der Waals surface area contributed by atoms with Crippen LogP contribution in [-0.4, -0.2) is 20.2 Å². The zero-order chi connectivity index (χ0) is 15.5. The van der Waals surface area contributed by atoms with E-state index in [4.69, 9.17) is 0 Å². The standard InChI is InChI=1S/C15H21F2NO2S/c1-2-11-6-5-7-12(10-11)18-13-8-3-4-9-14(13)21(19,20)15(16)17/h3-4,8-9,11-12,15,18H,2,5-7,10H2,1H3. The van der Waals surface area contributed by atoms with Crippen LogP contribution in [0.15, 0.2) is 29.2 Å². The molecule has 0 radical (unpaired) electrons. The molecule has 118 valence electrons. The first-order valence-electron chi connectivity index (χ1n) is 7.32. The van der Waals surface area contributed by atoms with Crippen molar-refractivity contribution < 1.29 is 17.2 Å². The molecule has 1 N–H and O–H groups in total. The molecule has 1 aromatic rings. The highest BCUT2D eigenvalue weighted by Gasteiger charge is 2.30. The van der Waals surface area contributed by atoms with Crippen LogP contribution in [0.1, 0.15) is 39.0 Å². The van der Waals surface area contributed by atoms with Crippen molar-refractivity contribution in [1.82, 2.24) is 0 Å². The van der Waals surface area contributed by atoms with Crippen LogP contribution < -0.4 is 5.32 Å². The number of anilines is 1. The third kappa shape index (κ3) is 3.73. The summed E-state index contributed by atoms with van der Waals surface area (Å²) in [6.07, 6.45) is 5.26. The number of rotatable bonds is 5. The number of benzene rings is 1. The lowest BCUT2D eigenvalue weighted by molar-refractivity contribution is 0.235. The Labute approximate surface area is 124 Å². The minimum Gasteiger partial charge on any atom is -0.381 e. The van der Waals surface area contributed by atoms with E-state index >= 15 is 0 Å². The van der Waals surface area contributed by atoms with Gasteiger partial charge in [0.1, 0.15) is 0 Å². The van der Waals surface area contributed by atoms with Crippen LogP contribution in [0.25, 0.3) is 0 Å². The molecule has 0 spiro atoms. The summed E-state index contributed by atoms with van der Waals surface area (Å²) in [4.78, 5) is -0.307. The number of para-hydroxylation sites is 1. The lowest BCUT2D eigenvalue weighted by Crippen LogP contribution is -2.28. The topological polar surface area (TPSA) is 46.2 Å². The smallest absolute Gasteiger partial charge is 0.341 e. The van der Waals surface area contributed by atoms with E-state index < -0.39 is 15.6 Å². The molecule has 2 atom stereocenters. The maximum absolute atomic E-state index is 12.8. The van der Waals surface area contributed by atoms with Crippen molar-refractivity contribution in [1.29, 1.82) is 0 Å². The third-order valence-corrected chi connectivity index (χ3v) is 5.59. The van der Waals surface area contributed by atoms with E-state index in [9.17, 15) is 17.2 Å². The Morgan fingerprint density at radius 2 is 2.00 bits per heavy atom.